The summed E-state index contributed by atoms with van der Waals surface area (Å²) < 4.78 is 0. The summed E-state index contributed by atoms with van der Waals surface area (Å²) in [6.07, 6.45) is -0.248. The van der Waals surface area contributed by atoms with Gasteiger partial charge in [-0.2, -0.15) is 5.26 Å². The van der Waals surface area contributed by atoms with E-state index in [1.54, 1.807) is 0 Å². The lowest BCUT2D eigenvalue weighted by Crippen LogP contribution is -2.61. The topological polar surface area (TPSA) is 331 Å². The molecule has 11 N–H and O–H groups in total. The van der Waals surface area contributed by atoms with E-state index in [1.807, 2.05) is 6.07 Å². The van der Waals surface area contributed by atoms with Gasteiger partial charge in [0, 0.05) is 51.7 Å². The Morgan fingerprint density at radius 1 is 0.803 bits per heavy atom. The molecule has 0 aromatic heterocycles. The molecule has 3 aliphatic rings. The van der Waals surface area contributed by atoms with Gasteiger partial charge in [-0.1, -0.05) is 77.8 Å². The van der Waals surface area contributed by atoms with Gasteiger partial charge in [-0.3, -0.25) is 33.6 Å². The number of nitrogens with one attached hydrogen (secondary N) is 5. The molecule has 1 aromatic carbocycles. The average Bonchev–Trinajstić information content (AvgIpc) is 3.92. The second-order valence-electron chi connectivity index (χ2n) is 19.9. The summed E-state index contributed by atoms with van der Waals surface area (Å²) in [4.78, 5) is 100. The Morgan fingerprint density at radius 3 is 2.13 bits per heavy atom. The number of amides is 7. The molecule has 0 bridgehead atoms. The number of nitrogens with zero attached hydrogens (tertiary/aromatic N) is 3. The predicted molar refractivity (Wildman–Crippen MR) is 258 cm³/mol. The van der Waals surface area contributed by atoms with Gasteiger partial charge in [-0.05, 0) is 62.1 Å². The number of hydrogen-bond donors (Lipinski definition) is 11. The van der Waals surface area contributed by atoms with Gasteiger partial charge in [0.05, 0.1) is 36.6 Å². The zero-order valence-corrected chi connectivity index (χ0v) is 41.6. The number of carbonyl (C=O) groups is 7. The highest BCUT2D eigenvalue weighted by Crippen LogP contribution is 2.26. The molecular formula is C50H78N8O13. The van der Waals surface area contributed by atoms with Crippen molar-refractivity contribution in [2.24, 2.45) is 11.8 Å². The fraction of sp³-hybridized carbons (Fsp3) is 0.720. The minimum Gasteiger partial charge on any atom is -0.508 e. The van der Waals surface area contributed by atoms with Crippen LogP contribution in [0.25, 0.3) is 0 Å². The highest BCUT2D eigenvalue weighted by Gasteiger charge is 2.46. The van der Waals surface area contributed by atoms with E-state index in [1.165, 1.54) is 50.5 Å². The van der Waals surface area contributed by atoms with Crippen molar-refractivity contribution < 1.29 is 64.2 Å². The lowest BCUT2D eigenvalue weighted by molar-refractivity contribution is -0.145. The van der Waals surface area contributed by atoms with E-state index in [9.17, 15) is 69.5 Å². The van der Waals surface area contributed by atoms with E-state index in [-0.39, 0.29) is 50.0 Å². The van der Waals surface area contributed by atoms with Crippen molar-refractivity contribution in [1.82, 2.24) is 36.4 Å². The molecule has 13 atom stereocenters. The van der Waals surface area contributed by atoms with Crippen LogP contribution in [-0.4, -0.2) is 162 Å². The van der Waals surface area contributed by atoms with Crippen molar-refractivity contribution in [3.8, 4) is 11.8 Å². The van der Waals surface area contributed by atoms with E-state index in [0.717, 1.165) is 41.9 Å². The largest absolute Gasteiger partial charge is 0.508 e. The molecule has 0 spiro atoms. The fourth-order valence-corrected chi connectivity index (χ4v) is 9.59. The van der Waals surface area contributed by atoms with Crippen LogP contribution in [0.1, 0.15) is 142 Å². The molecule has 7 amide bonds. The average molecular weight is 999 g/mol. The molecule has 3 fully saturated rings. The summed E-state index contributed by atoms with van der Waals surface area (Å²) in [5, 5.41) is 87.1. The number of unbranched alkanes of at least 4 members (excludes halogenated alkanes) is 5. The molecule has 3 aliphatic heterocycles. The number of fused-ring (bicyclic) bond motifs is 2. The highest BCUT2D eigenvalue weighted by molar-refractivity contribution is 5.98. The van der Waals surface area contributed by atoms with Crippen LogP contribution in [-0.2, 0) is 33.6 Å². The second kappa shape index (κ2) is 28.6. The van der Waals surface area contributed by atoms with E-state index in [2.05, 4.69) is 47.4 Å². The number of hydrogen-bond acceptors (Lipinski definition) is 14. The summed E-state index contributed by atoms with van der Waals surface area (Å²) in [5.41, 5.74) is 0.228. The second-order valence-corrected chi connectivity index (χ2v) is 19.9. The van der Waals surface area contributed by atoms with Crippen molar-refractivity contribution in [1.29, 1.82) is 5.26 Å². The first-order valence-electron chi connectivity index (χ1n) is 25.4. The van der Waals surface area contributed by atoms with E-state index >= 15 is 0 Å². The molecule has 13 unspecified atom stereocenters. The van der Waals surface area contributed by atoms with Gasteiger partial charge in [0.1, 0.15) is 42.0 Å². The molecule has 71 heavy (non-hydrogen) atoms. The van der Waals surface area contributed by atoms with Crippen molar-refractivity contribution in [3.05, 3.63) is 29.8 Å². The predicted octanol–water partition coefficient (Wildman–Crippen LogP) is 0.437. The molecule has 396 valence electrons. The Hall–Kier alpha value is -5.40. The van der Waals surface area contributed by atoms with Crippen molar-refractivity contribution in [2.45, 2.75) is 197 Å². The normalized spacial score (nSPS) is 27.9. The molecule has 0 radical (unpaired) electrons. The van der Waals surface area contributed by atoms with Gasteiger partial charge in [-0.25, -0.2) is 0 Å². The standard InChI is InChI=1S/C50H78N8O13/c1-5-29(2)23-30(3)13-10-8-6-7-9-11-15-42(65)53-37-24-34(61)27-52-48(69)44-40(63)20-22-57(44)49(70)36(14-12-21-51)54-45(66)38(26-41(64)32-16-18-33(60)19-17-32)55-47(68)39-25-35(62)28-58(39)50(71)43(31(4)59)56-46(37)67/h16-19,29-31,34-41,43-44,59-64H,5-15,20,22-28H2,1-4H3,(H,52,69)(H,53,65)(H,54,66)(H,55,68)(H,56,67). The van der Waals surface area contributed by atoms with Crippen LogP contribution in [0.15, 0.2) is 24.3 Å². The lowest BCUT2D eigenvalue weighted by atomic mass is 9.91. The molecule has 4 rings (SSSR count). The molecule has 0 aliphatic carbocycles. The summed E-state index contributed by atoms with van der Waals surface area (Å²) >= 11 is 0. The number of phenols is 1. The first kappa shape index (κ1) is 58.2. The number of rotatable bonds is 19. The number of aliphatic hydroxyl groups is 5. The minimum atomic E-state index is -1.76. The monoisotopic (exact) mass is 999 g/mol. The van der Waals surface area contributed by atoms with Crippen molar-refractivity contribution in [3.63, 3.8) is 0 Å². The van der Waals surface area contributed by atoms with Crippen molar-refractivity contribution >= 4 is 41.4 Å². The quantitative estimate of drug-likeness (QED) is 0.0839. The number of benzene rings is 1. The Balaban J connectivity index is 1.61. The van der Waals surface area contributed by atoms with Gasteiger partial charge >= 0.3 is 0 Å². The first-order valence-corrected chi connectivity index (χ1v) is 25.4. The first-order chi connectivity index (χ1) is 33.7. The number of nitriles is 1. The number of β-amino-alcohol motifs (C(OH)–C–C–N with tert-alkyl or cyclic N) is 1. The summed E-state index contributed by atoms with van der Waals surface area (Å²) in [7, 11) is 0. The molecule has 0 saturated carbocycles. The SMILES string of the molecule is CCC(C)CC(C)CCCCCCCCC(=O)NC1CC(O)CNC(=O)C2C(O)CCN2C(=O)C(CCC#N)NC(=O)C(CC(O)c2ccc(O)cc2)NC(=O)C2CC(O)CN2C(=O)C(C(C)O)NC1=O. The number of aliphatic hydroxyl groups excluding tert-OH is 5. The minimum absolute atomic E-state index is 0.0346. The van der Waals surface area contributed by atoms with Crippen LogP contribution in [0, 0.1) is 23.2 Å². The zero-order chi connectivity index (χ0) is 52.4. The molecule has 3 heterocycles. The van der Waals surface area contributed by atoms with Gasteiger partial charge in [-0.15, -0.1) is 0 Å². The molecule has 21 heteroatoms. The third kappa shape index (κ3) is 17.7. The molecule has 21 nitrogen and oxygen atoms in total. The van der Waals surface area contributed by atoms with Crippen LogP contribution >= 0.6 is 0 Å². The van der Waals surface area contributed by atoms with Gasteiger partial charge in [0.2, 0.25) is 41.4 Å². The number of carbonyl (C=O) groups excluding carboxylic acids is 7. The Morgan fingerprint density at radius 2 is 1.46 bits per heavy atom. The summed E-state index contributed by atoms with van der Waals surface area (Å²) in [6, 6.07) is -2.21. The maximum Gasteiger partial charge on any atom is 0.248 e. The summed E-state index contributed by atoms with van der Waals surface area (Å²) in [6.45, 7) is 6.85. The van der Waals surface area contributed by atoms with Crippen LogP contribution in [0.5, 0.6) is 5.75 Å². The molecule has 3 saturated heterocycles. The van der Waals surface area contributed by atoms with Gasteiger partial charge in [0.15, 0.2) is 0 Å². The van der Waals surface area contributed by atoms with Crippen molar-refractivity contribution in [2.75, 3.05) is 19.6 Å². The zero-order valence-electron chi connectivity index (χ0n) is 41.6. The third-order valence-corrected chi connectivity index (χ3v) is 13.9. The maximum atomic E-state index is 14.3. The van der Waals surface area contributed by atoms with Gasteiger partial charge < -0.3 is 67.0 Å². The van der Waals surface area contributed by atoms with E-state index in [0.29, 0.717) is 18.3 Å². The highest BCUT2D eigenvalue weighted by atomic mass is 16.3. The van der Waals surface area contributed by atoms with E-state index < -0.39 is 134 Å². The molecular weight excluding hydrogens is 921 g/mol. The Labute approximate surface area is 416 Å². The van der Waals surface area contributed by atoms with Crippen LogP contribution in [0.4, 0.5) is 0 Å². The van der Waals surface area contributed by atoms with Crippen LogP contribution in [0.3, 0.4) is 0 Å². The van der Waals surface area contributed by atoms with Gasteiger partial charge in [0.25, 0.3) is 0 Å². The lowest BCUT2D eigenvalue weighted by Gasteiger charge is -2.32. The smallest absolute Gasteiger partial charge is 0.248 e. The van der Waals surface area contributed by atoms with Crippen LogP contribution in [0.2, 0.25) is 0 Å². The van der Waals surface area contributed by atoms with Crippen LogP contribution < -0.4 is 26.6 Å². The Kier molecular flexibility index (Phi) is 23.4. The van der Waals surface area contributed by atoms with E-state index in [4.69, 9.17) is 0 Å². The maximum absolute atomic E-state index is 14.3. The summed E-state index contributed by atoms with van der Waals surface area (Å²) in [5.74, 6) is -5.04. The molecule has 1 aromatic rings. The number of aromatic hydroxyl groups is 1. The Bertz CT molecular complexity index is 1980. The third-order valence-electron chi connectivity index (χ3n) is 13.9. The number of phenolic OH excluding ortho intramolecular Hbond substituents is 1. The fourth-order valence-electron chi connectivity index (χ4n) is 9.59.